The fraction of sp³-hybridized carbons (Fsp3) is 0.0556. The average molecular weight is 258 g/mol. The lowest BCUT2D eigenvalue weighted by molar-refractivity contribution is 1.06. The number of fused-ring (bicyclic) bond motifs is 2. The second-order valence-corrected chi connectivity index (χ2v) is 5.03. The second kappa shape index (κ2) is 4.20. The van der Waals surface area contributed by atoms with Crippen LogP contribution in [0.4, 0.5) is 0 Å². The topological polar surface area (TPSA) is 17.8 Å². The molecule has 0 aliphatic carbocycles. The molecule has 0 amide bonds. The maximum atomic E-state index is 4.45. The SMILES string of the molecule is Cc1cc2ccccc2n1-c1ccnc2ccccc12. The molecule has 0 unspecified atom stereocenters. The summed E-state index contributed by atoms with van der Waals surface area (Å²) < 4.78 is 2.30. The zero-order chi connectivity index (χ0) is 13.5. The summed E-state index contributed by atoms with van der Waals surface area (Å²) in [5, 5.41) is 2.45. The predicted octanol–water partition coefficient (Wildman–Crippen LogP) is 4.49. The fourth-order valence-corrected chi connectivity index (χ4v) is 2.89. The van der Waals surface area contributed by atoms with Gasteiger partial charge in [-0.15, -0.1) is 0 Å². The third-order valence-corrected chi connectivity index (χ3v) is 3.76. The normalized spacial score (nSPS) is 11.2. The van der Waals surface area contributed by atoms with Gasteiger partial charge >= 0.3 is 0 Å². The van der Waals surface area contributed by atoms with E-state index in [0.29, 0.717) is 0 Å². The molecule has 4 aromatic rings. The number of aromatic nitrogens is 2. The predicted molar refractivity (Wildman–Crippen MR) is 83.3 cm³/mol. The number of nitrogens with zero attached hydrogens (tertiary/aromatic N) is 2. The van der Waals surface area contributed by atoms with Gasteiger partial charge in [0.05, 0.1) is 16.7 Å². The summed E-state index contributed by atoms with van der Waals surface area (Å²) in [6, 6.07) is 21.1. The van der Waals surface area contributed by atoms with E-state index in [4.69, 9.17) is 0 Å². The van der Waals surface area contributed by atoms with Crippen molar-refractivity contribution in [1.29, 1.82) is 0 Å². The fourth-order valence-electron chi connectivity index (χ4n) is 2.89. The summed E-state index contributed by atoms with van der Waals surface area (Å²) in [6.07, 6.45) is 1.88. The van der Waals surface area contributed by atoms with Crippen LogP contribution in [0.15, 0.2) is 66.9 Å². The van der Waals surface area contributed by atoms with Crippen molar-refractivity contribution in [3.63, 3.8) is 0 Å². The first kappa shape index (κ1) is 11.2. The molecule has 96 valence electrons. The van der Waals surface area contributed by atoms with Gasteiger partial charge in [0, 0.05) is 22.7 Å². The lowest BCUT2D eigenvalue weighted by Crippen LogP contribution is -1.97. The quantitative estimate of drug-likeness (QED) is 0.492. The van der Waals surface area contributed by atoms with Gasteiger partial charge in [-0.1, -0.05) is 36.4 Å². The summed E-state index contributed by atoms with van der Waals surface area (Å²) in [6.45, 7) is 2.15. The highest BCUT2D eigenvalue weighted by molar-refractivity contribution is 5.91. The molecule has 2 nitrogen and oxygen atoms in total. The summed E-state index contributed by atoms with van der Waals surface area (Å²) in [7, 11) is 0. The average Bonchev–Trinajstić information content (AvgIpc) is 2.82. The number of hydrogen-bond donors (Lipinski definition) is 0. The Morgan fingerprint density at radius 1 is 0.900 bits per heavy atom. The van der Waals surface area contributed by atoms with Crippen molar-refractivity contribution in [3.05, 3.63) is 72.6 Å². The molecular formula is C18H14N2. The summed E-state index contributed by atoms with van der Waals surface area (Å²) in [4.78, 5) is 4.45. The minimum absolute atomic E-state index is 1.03. The maximum absolute atomic E-state index is 4.45. The third kappa shape index (κ3) is 1.55. The summed E-state index contributed by atoms with van der Waals surface area (Å²) in [5.74, 6) is 0. The van der Waals surface area contributed by atoms with E-state index in [0.717, 1.165) is 5.52 Å². The summed E-state index contributed by atoms with van der Waals surface area (Å²) >= 11 is 0. The molecule has 2 heterocycles. The lowest BCUT2D eigenvalue weighted by atomic mass is 10.2. The maximum Gasteiger partial charge on any atom is 0.0723 e. The van der Waals surface area contributed by atoms with Crippen LogP contribution in [0.2, 0.25) is 0 Å². The van der Waals surface area contributed by atoms with Gasteiger partial charge in [0.1, 0.15) is 0 Å². The first-order valence-electron chi connectivity index (χ1n) is 6.76. The summed E-state index contributed by atoms with van der Waals surface area (Å²) in [5.41, 5.74) is 4.69. The number of rotatable bonds is 1. The van der Waals surface area contributed by atoms with Gasteiger partial charge in [-0.3, -0.25) is 4.98 Å². The van der Waals surface area contributed by atoms with E-state index in [1.165, 1.54) is 27.7 Å². The zero-order valence-electron chi connectivity index (χ0n) is 11.2. The molecular weight excluding hydrogens is 244 g/mol. The molecule has 0 aliphatic heterocycles. The lowest BCUT2D eigenvalue weighted by Gasteiger charge is -2.11. The van der Waals surface area contributed by atoms with Gasteiger partial charge in [0.15, 0.2) is 0 Å². The van der Waals surface area contributed by atoms with Crippen LogP contribution in [0.1, 0.15) is 5.69 Å². The molecule has 0 spiro atoms. The van der Waals surface area contributed by atoms with Gasteiger partial charge in [-0.2, -0.15) is 0 Å². The van der Waals surface area contributed by atoms with Gasteiger partial charge in [-0.05, 0) is 31.2 Å². The smallest absolute Gasteiger partial charge is 0.0723 e. The zero-order valence-corrected chi connectivity index (χ0v) is 11.2. The van der Waals surface area contributed by atoms with Crippen molar-refractivity contribution in [2.45, 2.75) is 6.92 Å². The number of aryl methyl sites for hydroxylation is 1. The molecule has 20 heavy (non-hydrogen) atoms. The van der Waals surface area contributed by atoms with Gasteiger partial charge in [0.25, 0.3) is 0 Å². The van der Waals surface area contributed by atoms with Crippen molar-refractivity contribution in [3.8, 4) is 5.69 Å². The molecule has 0 radical (unpaired) electrons. The van der Waals surface area contributed by atoms with Crippen molar-refractivity contribution >= 4 is 21.8 Å². The van der Waals surface area contributed by atoms with Crippen LogP contribution >= 0.6 is 0 Å². The van der Waals surface area contributed by atoms with Crippen LogP contribution in [0.25, 0.3) is 27.5 Å². The van der Waals surface area contributed by atoms with Gasteiger partial charge in [0.2, 0.25) is 0 Å². The van der Waals surface area contributed by atoms with Crippen LogP contribution in [0, 0.1) is 6.92 Å². The number of para-hydroxylation sites is 2. The molecule has 0 saturated heterocycles. The Morgan fingerprint density at radius 2 is 1.70 bits per heavy atom. The Balaban J connectivity index is 2.14. The Kier molecular flexibility index (Phi) is 2.36. The Labute approximate surface area is 117 Å². The first-order chi connectivity index (χ1) is 9.84. The van der Waals surface area contributed by atoms with Crippen molar-refractivity contribution < 1.29 is 0 Å². The molecule has 0 N–H and O–H groups in total. The van der Waals surface area contributed by atoms with Gasteiger partial charge in [-0.25, -0.2) is 0 Å². The molecule has 2 heteroatoms. The number of benzene rings is 2. The second-order valence-electron chi connectivity index (χ2n) is 5.03. The highest BCUT2D eigenvalue weighted by atomic mass is 15.0. The van der Waals surface area contributed by atoms with Crippen molar-refractivity contribution in [2.75, 3.05) is 0 Å². The Morgan fingerprint density at radius 3 is 2.65 bits per heavy atom. The number of hydrogen-bond acceptors (Lipinski definition) is 1. The monoisotopic (exact) mass is 258 g/mol. The minimum atomic E-state index is 1.03. The van der Waals surface area contributed by atoms with E-state index in [1.54, 1.807) is 0 Å². The van der Waals surface area contributed by atoms with Crippen LogP contribution in [-0.2, 0) is 0 Å². The van der Waals surface area contributed by atoms with Gasteiger partial charge < -0.3 is 4.57 Å². The molecule has 4 rings (SSSR count). The van der Waals surface area contributed by atoms with Crippen LogP contribution in [0.5, 0.6) is 0 Å². The first-order valence-corrected chi connectivity index (χ1v) is 6.76. The van der Waals surface area contributed by atoms with E-state index in [-0.39, 0.29) is 0 Å². The van der Waals surface area contributed by atoms with E-state index in [9.17, 15) is 0 Å². The molecule has 0 bridgehead atoms. The van der Waals surface area contributed by atoms with E-state index >= 15 is 0 Å². The highest BCUT2D eigenvalue weighted by Gasteiger charge is 2.09. The standard InChI is InChI=1S/C18H14N2/c1-13-12-14-6-2-5-9-17(14)20(13)18-10-11-19-16-8-4-3-7-15(16)18/h2-12H,1H3. The van der Waals surface area contributed by atoms with Crippen LogP contribution in [-0.4, -0.2) is 9.55 Å². The highest BCUT2D eigenvalue weighted by Crippen LogP contribution is 2.27. The molecule has 0 saturated carbocycles. The molecule has 0 aliphatic rings. The van der Waals surface area contributed by atoms with Crippen molar-refractivity contribution in [2.24, 2.45) is 0 Å². The molecule has 2 aromatic carbocycles. The van der Waals surface area contributed by atoms with Crippen molar-refractivity contribution in [1.82, 2.24) is 9.55 Å². The Hall–Kier alpha value is -2.61. The molecule has 0 atom stereocenters. The largest absolute Gasteiger partial charge is 0.313 e. The van der Waals surface area contributed by atoms with Crippen LogP contribution < -0.4 is 0 Å². The number of pyridine rings is 1. The van der Waals surface area contributed by atoms with E-state index in [2.05, 4.69) is 71.1 Å². The molecule has 2 aromatic heterocycles. The van der Waals surface area contributed by atoms with E-state index < -0.39 is 0 Å². The third-order valence-electron chi connectivity index (χ3n) is 3.76. The Bertz CT molecular complexity index is 914. The molecule has 0 fully saturated rings. The van der Waals surface area contributed by atoms with Crippen LogP contribution in [0.3, 0.4) is 0 Å². The van der Waals surface area contributed by atoms with E-state index in [1.807, 2.05) is 12.3 Å². The minimum Gasteiger partial charge on any atom is -0.313 e.